The van der Waals surface area contributed by atoms with Gasteiger partial charge in [-0.25, -0.2) is 0 Å². The molecule has 2 nitrogen and oxygen atoms in total. The van der Waals surface area contributed by atoms with Crippen molar-refractivity contribution < 1.29 is 9.21 Å². The van der Waals surface area contributed by atoms with E-state index < -0.39 is 0 Å². The summed E-state index contributed by atoms with van der Waals surface area (Å²) in [4.78, 5) is 11.1. The highest BCUT2D eigenvalue weighted by Crippen LogP contribution is 2.26. The summed E-state index contributed by atoms with van der Waals surface area (Å²) in [6, 6.07) is 5.36. The van der Waals surface area contributed by atoms with Gasteiger partial charge in [-0.2, -0.15) is 0 Å². The molecule has 0 spiro atoms. The van der Waals surface area contributed by atoms with Gasteiger partial charge in [-0.1, -0.05) is 11.6 Å². The standard InChI is InChI=1S/C11H9ClO2/c1-6-3-11-8(4-9(6)12)5-10(14-11)7(2)13/h3-5H,1-2H3. The van der Waals surface area contributed by atoms with E-state index in [1.54, 1.807) is 6.07 Å². The third-order valence-corrected chi connectivity index (χ3v) is 2.55. The molecule has 3 heteroatoms. The Morgan fingerprint density at radius 2 is 2.07 bits per heavy atom. The van der Waals surface area contributed by atoms with Crippen molar-refractivity contribution in [3.05, 3.63) is 34.5 Å². The minimum absolute atomic E-state index is 0.0741. The van der Waals surface area contributed by atoms with Crippen molar-refractivity contribution in [2.75, 3.05) is 0 Å². The molecule has 0 N–H and O–H groups in total. The molecule has 0 radical (unpaired) electrons. The van der Waals surface area contributed by atoms with Gasteiger partial charge in [0.05, 0.1) is 0 Å². The number of ketones is 1. The van der Waals surface area contributed by atoms with Crippen LogP contribution in [0.25, 0.3) is 11.0 Å². The van der Waals surface area contributed by atoms with Gasteiger partial charge in [0.2, 0.25) is 0 Å². The Kier molecular flexibility index (Phi) is 2.08. The van der Waals surface area contributed by atoms with E-state index in [1.165, 1.54) is 6.92 Å². The van der Waals surface area contributed by atoms with Crippen LogP contribution in [0, 0.1) is 6.92 Å². The van der Waals surface area contributed by atoms with Gasteiger partial charge in [0.15, 0.2) is 11.5 Å². The second kappa shape index (κ2) is 3.14. The number of furan rings is 1. The van der Waals surface area contributed by atoms with Crippen LogP contribution in [-0.4, -0.2) is 5.78 Å². The smallest absolute Gasteiger partial charge is 0.194 e. The van der Waals surface area contributed by atoms with Crippen LogP contribution in [0.2, 0.25) is 5.02 Å². The summed E-state index contributed by atoms with van der Waals surface area (Å²) in [7, 11) is 0. The van der Waals surface area contributed by atoms with E-state index in [0.717, 1.165) is 10.9 Å². The average Bonchev–Trinajstić information content (AvgIpc) is 2.48. The largest absolute Gasteiger partial charge is 0.453 e. The van der Waals surface area contributed by atoms with E-state index >= 15 is 0 Å². The van der Waals surface area contributed by atoms with Gasteiger partial charge in [0, 0.05) is 17.3 Å². The van der Waals surface area contributed by atoms with Gasteiger partial charge >= 0.3 is 0 Å². The summed E-state index contributed by atoms with van der Waals surface area (Å²) in [5.74, 6) is 0.302. The topological polar surface area (TPSA) is 30.2 Å². The van der Waals surface area contributed by atoms with Crippen molar-refractivity contribution in [1.29, 1.82) is 0 Å². The van der Waals surface area contributed by atoms with Crippen molar-refractivity contribution in [1.82, 2.24) is 0 Å². The Bertz CT molecular complexity index is 472. The number of hydrogen-bond donors (Lipinski definition) is 0. The Hall–Kier alpha value is -1.28. The van der Waals surface area contributed by atoms with Crippen LogP contribution in [0.1, 0.15) is 23.0 Å². The molecule has 2 aromatic rings. The van der Waals surface area contributed by atoms with Crippen LogP contribution in [-0.2, 0) is 0 Å². The van der Waals surface area contributed by atoms with E-state index in [-0.39, 0.29) is 5.78 Å². The van der Waals surface area contributed by atoms with Crippen LogP contribution in [0.3, 0.4) is 0 Å². The molecule has 0 unspecified atom stereocenters. The normalized spacial score (nSPS) is 10.8. The molecule has 1 aromatic carbocycles. The molecule has 0 amide bonds. The predicted molar refractivity (Wildman–Crippen MR) is 56.0 cm³/mol. The van der Waals surface area contributed by atoms with Crippen LogP contribution in [0.15, 0.2) is 22.6 Å². The van der Waals surface area contributed by atoms with E-state index in [2.05, 4.69) is 0 Å². The molecular formula is C11H9ClO2. The highest BCUT2D eigenvalue weighted by molar-refractivity contribution is 6.32. The third kappa shape index (κ3) is 1.42. The Balaban J connectivity index is 2.72. The number of fused-ring (bicyclic) bond motifs is 1. The molecule has 14 heavy (non-hydrogen) atoms. The van der Waals surface area contributed by atoms with Crippen LogP contribution < -0.4 is 0 Å². The lowest BCUT2D eigenvalue weighted by Gasteiger charge is -1.95. The maximum Gasteiger partial charge on any atom is 0.194 e. The summed E-state index contributed by atoms with van der Waals surface area (Å²) < 4.78 is 5.36. The number of aryl methyl sites for hydroxylation is 1. The Labute approximate surface area is 86.5 Å². The van der Waals surface area contributed by atoms with Gasteiger partial charge in [-0.15, -0.1) is 0 Å². The minimum atomic E-state index is -0.0741. The number of rotatable bonds is 1. The summed E-state index contributed by atoms with van der Waals surface area (Å²) in [6.07, 6.45) is 0. The van der Waals surface area contributed by atoms with Crippen LogP contribution in [0.5, 0.6) is 0 Å². The van der Waals surface area contributed by atoms with Crippen molar-refractivity contribution in [3.63, 3.8) is 0 Å². The Morgan fingerprint density at radius 3 is 2.71 bits per heavy atom. The van der Waals surface area contributed by atoms with Crippen molar-refractivity contribution >= 4 is 28.4 Å². The predicted octanol–water partition coefficient (Wildman–Crippen LogP) is 3.60. The first kappa shape index (κ1) is 9.28. The quantitative estimate of drug-likeness (QED) is 0.671. The van der Waals surface area contributed by atoms with Crippen LogP contribution in [0.4, 0.5) is 0 Å². The number of Topliss-reactive ketones (excluding diaryl/α,β-unsaturated/α-hetero) is 1. The zero-order chi connectivity index (χ0) is 10.3. The van der Waals surface area contributed by atoms with Gasteiger partial charge in [-0.05, 0) is 30.7 Å². The molecule has 0 aliphatic carbocycles. The number of carbonyl (C=O) groups excluding carboxylic acids is 1. The number of halogens is 1. The highest BCUT2D eigenvalue weighted by Gasteiger charge is 2.08. The maximum absolute atomic E-state index is 11.1. The second-order valence-corrected chi connectivity index (χ2v) is 3.71. The van der Waals surface area contributed by atoms with Crippen LogP contribution >= 0.6 is 11.6 Å². The second-order valence-electron chi connectivity index (χ2n) is 3.31. The summed E-state index contributed by atoms with van der Waals surface area (Å²) in [5.41, 5.74) is 1.65. The molecule has 0 saturated carbocycles. The van der Waals surface area contributed by atoms with Crippen molar-refractivity contribution in [3.8, 4) is 0 Å². The van der Waals surface area contributed by atoms with E-state index in [1.807, 2.05) is 19.1 Å². The lowest BCUT2D eigenvalue weighted by molar-refractivity contribution is 0.0989. The maximum atomic E-state index is 11.1. The van der Waals surface area contributed by atoms with Crippen molar-refractivity contribution in [2.24, 2.45) is 0 Å². The molecule has 2 rings (SSSR count). The fourth-order valence-corrected chi connectivity index (χ4v) is 1.51. The molecule has 0 aliphatic heterocycles. The van der Waals surface area contributed by atoms with Gasteiger partial charge in [0.25, 0.3) is 0 Å². The van der Waals surface area contributed by atoms with Crippen molar-refractivity contribution in [2.45, 2.75) is 13.8 Å². The first-order chi connectivity index (χ1) is 6.58. The monoisotopic (exact) mass is 208 g/mol. The summed E-state index contributed by atoms with van der Waals surface area (Å²) in [6.45, 7) is 3.38. The highest BCUT2D eigenvalue weighted by atomic mass is 35.5. The molecule has 1 aromatic heterocycles. The van der Waals surface area contributed by atoms with E-state index in [9.17, 15) is 4.79 Å². The van der Waals surface area contributed by atoms with E-state index in [0.29, 0.717) is 16.4 Å². The zero-order valence-electron chi connectivity index (χ0n) is 7.93. The summed E-state index contributed by atoms with van der Waals surface area (Å²) in [5, 5.41) is 1.55. The molecule has 0 aliphatic rings. The zero-order valence-corrected chi connectivity index (χ0v) is 8.68. The van der Waals surface area contributed by atoms with E-state index in [4.69, 9.17) is 16.0 Å². The van der Waals surface area contributed by atoms with Gasteiger partial charge < -0.3 is 4.42 Å². The molecular weight excluding hydrogens is 200 g/mol. The molecule has 0 bridgehead atoms. The number of carbonyl (C=O) groups is 1. The number of benzene rings is 1. The third-order valence-electron chi connectivity index (χ3n) is 2.14. The van der Waals surface area contributed by atoms with Gasteiger partial charge in [0.1, 0.15) is 5.58 Å². The molecule has 1 heterocycles. The molecule has 0 fully saturated rings. The number of hydrogen-bond acceptors (Lipinski definition) is 2. The lowest BCUT2D eigenvalue weighted by Crippen LogP contribution is -1.85. The van der Waals surface area contributed by atoms with Gasteiger partial charge in [-0.3, -0.25) is 4.79 Å². The SMILES string of the molecule is CC(=O)c1cc2cc(Cl)c(C)cc2o1. The molecule has 72 valence electrons. The lowest BCUT2D eigenvalue weighted by atomic mass is 10.2. The minimum Gasteiger partial charge on any atom is -0.453 e. The first-order valence-electron chi connectivity index (χ1n) is 4.28. The molecule has 0 saturated heterocycles. The Morgan fingerprint density at radius 1 is 1.36 bits per heavy atom. The summed E-state index contributed by atoms with van der Waals surface area (Å²) >= 11 is 5.95. The average molecular weight is 209 g/mol. The molecule has 0 atom stereocenters. The first-order valence-corrected chi connectivity index (χ1v) is 4.66. The fourth-order valence-electron chi connectivity index (χ4n) is 1.33. The fraction of sp³-hybridized carbons (Fsp3) is 0.182.